The highest BCUT2D eigenvalue weighted by Gasteiger charge is 2.08. The van der Waals surface area contributed by atoms with Crippen molar-refractivity contribution in [1.29, 1.82) is 0 Å². The SMILES string of the molecule is Cc1nc2c(CCl)cc(F)cc2o1. The highest BCUT2D eigenvalue weighted by molar-refractivity contribution is 6.17. The van der Waals surface area contributed by atoms with Gasteiger partial charge in [-0.05, 0) is 11.6 Å². The van der Waals surface area contributed by atoms with E-state index in [1.54, 1.807) is 6.92 Å². The summed E-state index contributed by atoms with van der Waals surface area (Å²) in [6.45, 7) is 1.72. The van der Waals surface area contributed by atoms with Crippen molar-refractivity contribution < 1.29 is 8.81 Å². The molecule has 2 aromatic rings. The zero-order valence-electron chi connectivity index (χ0n) is 6.97. The lowest BCUT2D eigenvalue weighted by atomic mass is 10.2. The van der Waals surface area contributed by atoms with Crippen molar-refractivity contribution in [3.8, 4) is 0 Å². The molecule has 1 heterocycles. The van der Waals surface area contributed by atoms with E-state index in [1.165, 1.54) is 12.1 Å². The molecule has 2 nitrogen and oxygen atoms in total. The number of benzene rings is 1. The Kier molecular flexibility index (Phi) is 1.96. The Morgan fingerprint density at radius 2 is 2.31 bits per heavy atom. The Hall–Kier alpha value is -1.09. The molecule has 0 aliphatic heterocycles. The number of oxazole rings is 1. The summed E-state index contributed by atoms with van der Waals surface area (Å²) in [4.78, 5) is 4.11. The second-order valence-corrected chi connectivity index (χ2v) is 3.05. The molecule has 0 saturated heterocycles. The first kappa shape index (κ1) is 8.51. The van der Waals surface area contributed by atoms with Gasteiger partial charge in [-0.2, -0.15) is 0 Å². The molecule has 0 bridgehead atoms. The first-order valence-electron chi connectivity index (χ1n) is 3.82. The van der Waals surface area contributed by atoms with Crippen LogP contribution in [0.4, 0.5) is 4.39 Å². The lowest BCUT2D eigenvalue weighted by molar-refractivity contribution is 0.556. The van der Waals surface area contributed by atoms with Crippen LogP contribution in [0.25, 0.3) is 11.1 Å². The van der Waals surface area contributed by atoms with E-state index in [2.05, 4.69) is 4.98 Å². The monoisotopic (exact) mass is 199 g/mol. The molecule has 0 aliphatic rings. The molecule has 0 atom stereocenters. The van der Waals surface area contributed by atoms with Gasteiger partial charge in [0, 0.05) is 18.9 Å². The molecule has 4 heteroatoms. The van der Waals surface area contributed by atoms with Gasteiger partial charge < -0.3 is 4.42 Å². The summed E-state index contributed by atoms with van der Waals surface area (Å²) in [6.07, 6.45) is 0. The van der Waals surface area contributed by atoms with Crippen molar-refractivity contribution in [2.24, 2.45) is 0 Å². The van der Waals surface area contributed by atoms with Gasteiger partial charge >= 0.3 is 0 Å². The number of alkyl halides is 1. The maximum atomic E-state index is 12.9. The van der Waals surface area contributed by atoms with Gasteiger partial charge in [0.05, 0.1) is 0 Å². The maximum absolute atomic E-state index is 12.9. The molecule has 0 fully saturated rings. The number of rotatable bonds is 1. The largest absolute Gasteiger partial charge is 0.441 e. The van der Waals surface area contributed by atoms with Gasteiger partial charge in [0.15, 0.2) is 11.5 Å². The van der Waals surface area contributed by atoms with Crippen LogP contribution in [-0.2, 0) is 5.88 Å². The molecule has 1 aromatic heterocycles. The van der Waals surface area contributed by atoms with Gasteiger partial charge in [0.1, 0.15) is 11.3 Å². The van der Waals surface area contributed by atoms with Gasteiger partial charge in [-0.15, -0.1) is 11.6 Å². The number of aromatic nitrogens is 1. The van der Waals surface area contributed by atoms with E-state index in [4.69, 9.17) is 16.0 Å². The van der Waals surface area contributed by atoms with Crippen LogP contribution in [0.1, 0.15) is 11.5 Å². The fourth-order valence-corrected chi connectivity index (χ4v) is 1.48. The predicted molar refractivity (Wildman–Crippen MR) is 48.3 cm³/mol. The molecule has 13 heavy (non-hydrogen) atoms. The fourth-order valence-electron chi connectivity index (χ4n) is 1.27. The van der Waals surface area contributed by atoms with E-state index >= 15 is 0 Å². The van der Waals surface area contributed by atoms with Crippen LogP contribution in [0.3, 0.4) is 0 Å². The second-order valence-electron chi connectivity index (χ2n) is 2.78. The Labute approximate surface area is 79.3 Å². The van der Waals surface area contributed by atoms with Gasteiger partial charge in [0.2, 0.25) is 0 Å². The first-order valence-corrected chi connectivity index (χ1v) is 4.35. The van der Waals surface area contributed by atoms with Gasteiger partial charge in [-0.1, -0.05) is 0 Å². The second kappa shape index (κ2) is 3.00. The Morgan fingerprint density at radius 1 is 1.54 bits per heavy atom. The first-order chi connectivity index (χ1) is 6.20. The summed E-state index contributed by atoms with van der Waals surface area (Å²) in [5, 5.41) is 0. The number of hydrogen-bond donors (Lipinski definition) is 0. The molecule has 0 aliphatic carbocycles. The third kappa shape index (κ3) is 1.40. The third-order valence-electron chi connectivity index (χ3n) is 1.79. The van der Waals surface area contributed by atoms with Crippen LogP contribution in [0.15, 0.2) is 16.5 Å². The quantitative estimate of drug-likeness (QED) is 0.660. The summed E-state index contributed by atoms with van der Waals surface area (Å²) < 4.78 is 18.1. The molecule has 0 N–H and O–H groups in total. The van der Waals surface area contributed by atoms with Gasteiger partial charge in [-0.25, -0.2) is 9.37 Å². The number of aryl methyl sites for hydroxylation is 1. The van der Waals surface area contributed by atoms with Gasteiger partial charge in [0.25, 0.3) is 0 Å². The van der Waals surface area contributed by atoms with E-state index in [0.29, 0.717) is 22.6 Å². The van der Waals surface area contributed by atoms with Crippen molar-refractivity contribution in [3.63, 3.8) is 0 Å². The van der Waals surface area contributed by atoms with Crippen LogP contribution < -0.4 is 0 Å². The minimum Gasteiger partial charge on any atom is -0.441 e. The Morgan fingerprint density at radius 3 is 3.00 bits per heavy atom. The number of hydrogen-bond acceptors (Lipinski definition) is 2. The molecule has 0 amide bonds. The van der Waals surface area contributed by atoms with Crippen molar-refractivity contribution in [1.82, 2.24) is 4.98 Å². The third-order valence-corrected chi connectivity index (χ3v) is 2.08. The van der Waals surface area contributed by atoms with Gasteiger partial charge in [-0.3, -0.25) is 0 Å². The smallest absolute Gasteiger partial charge is 0.192 e. The van der Waals surface area contributed by atoms with E-state index in [9.17, 15) is 4.39 Å². The standard InChI is InChI=1S/C9H7ClFNO/c1-5-12-9-6(4-10)2-7(11)3-8(9)13-5/h2-3H,4H2,1H3. The minimum atomic E-state index is -0.348. The summed E-state index contributed by atoms with van der Waals surface area (Å²) in [6, 6.07) is 2.68. The van der Waals surface area contributed by atoms with Crippen LogP contribution in [0, 0.1) is 12.7 Å². The normalized spacial score (nSPS) is 11.0. The molecule has 0 unspecified atom stereocenters. The molecular formula is C9H7ClFNO. The van der Waals surface area contributed by atoms with E-state index in [-0.39, 0.29) is 11.7 Å². The van der Waals surface area contributed by atoms with Crippen molar-refractivity contribution in [2.75, 3.05) is 0 Å². The molecule has 1 aromatic carbocycles. The number of nitrogens with zero attached hydrogens (tertiary/aromatic N) is 1. The summed E-state index contributed by atoms with van der Waals surface area (Å²) >= 11 is 5.64. The lowest BCUT2D eigenvalue weighted by Gasteiger charge is -1.95. The van der Waals surface area contributed by atoms with Crippen LogP contribution in [0.5, 0.6) is 0 Å². The topological polar surface area (TPSA) is 26.0 Å². The molecule has 0 saturated carbocycles. The fraction of sp³-hybridized carbons (Fsp3) is 0.222. The van der Waals surface area contributed by atoms with Crippen LogP contribution in [-0.4, -0.2) is 4.98 Å². The van der Waals surface area contributed by atoms with Crippen LogP contribution in [0.2, 0.25) is 0 Å². The number of halogens is 2. The molecule has 2 rings (SSSR count). The van der Waals surface area contributed by atoms with Crippen molar-refractivity contribution in [3.05, 3.63) is 29.4 Å². The zero-order valence-corrected chi connectivity index (χ0v) is 7.73. The average Bonchev–Trinajstić information content (AvgIpc) is 2.43. The summed E-state index contributed by atoms with van der Waals surface area (Å²) in [5.41, 5.74) is 1.76. The van der Waals surface area contributed by atoms with Crippen molar-refractivity contribution >= 4 is 22.7 Å². The highest BCUT2D eigenvalue weighted by Crippen LogP contribution is 2.22. The zero-order chi connectivity index (χ0) is 9.42. The Bertz CT molecular complexity index is 452. The predicted octanol–water partition coefficient (Wildman–Crippen LogP) is 3.01. The molecule has 0 radical (unpaired) electrons. The minimum absolute atomic E-state index is 0.236. The van der Waals surface area contributed by atoms with E-state index in [1.807, 2.05) is 0 Å². The molecule has 68 valence electrons. The number of fused-ring (bicyclic) bond motifs is 1. The maximum Gasteiger partial charge on any atom is 0.192 e. The average molecular weight is 200 g/mol. The molecule has 0 spiro atoms. The lowest BCUT2D eigenvalue weighted by Crippen LogP contribution is -1.83. The summed E-state index contributed by atoms with van der Waals surface area (Å²) in [7, 11) is 0. The van der Waals surface area contributed by atoms with Crippen molar-refractivity contribution in [2.45, 2.75) is 12.8 Å². The Balaban J connectivity index is 2.80. The van der Waals surface area contributed by atoms with Crippen LogP contribution >= 0.6 is 11.6 Å². The molecular weight excluding hydrogens is 193 g/mol. The van der Waals surface area contributed by atoms with E-state index in [0.717, 1.165) is 0 Å². The van der Waals surface area contributed by atoms with E-state index < -0.39 is 0 Å². The summed E-state index contributed by atoms with van der Waals surface area (Å²) in [5.74, 6) is 0.409. The highest BCUT2D eigenvalue weighted by atomic mass is 35.5.